The SMILES string of the molecule is Cc1sc(-c2sc(C)c(C)[n+]2CC(=O)N2CCCC2)[n+](CC(=O)c2sc3ccccc3c2C)c1C. The third-order valence-electron chi connectivity index (χ3n) is 7.15. The van der Waals surface area contributed by atoms with Crippen LogP contribution in [0.4, 0.5) is 0 Å². The summed E-state index contributed by atoms with van der Waals surface area (Å²) in [5.41, 5.74) is 3.30. The van der Waals surface area contributed by atoms with Crippen molar-refractivity contribution in [3.63, 3.8) is 0 Å². The molecule has 3 aromatic heterocycles. The molecule has 1 amide bonds. The minimum absolute atomic E-state index is 0.139. The van der Waals surface area contributed by atoms with E-state index in [9.17, 15) is 9.59 Å². The molecule has 0 saturated carbocycles. The highest BCUT2D eigenvalue weighted by atomic mass is 32.1. The molecule has 0 spiro atoms. The van der Waals surface area contributed by atoms with E-state index >= 15 is 0 Å². The number of hydrogen-bond donors (Lipinski definition) is 0. The number of aromatic nitrogens is 2. The quantitative estimate of drug-likeness (QED) is 0.253. The van der Waals surface area contributed by atoms with Crippen LogP contribution in [-0.2, 0) is 17.9 Å². The molecule has 1 fully saturated rings. The molecule has 8 heteroatoms. The van der Waals surface area contributed by atoms with Gasteiger partial charge in [0.25, 0.3) is 5.91 Å². The fraction of sp³-hybridized carbons (Fsp3) is 0.407. The van der Waals surface area contributed by atoms with E-state index in [2.05, 4.69) is 49.0 Å². The molecule has 4 heterocycles. The van der Waals surface area contributed by atoms with Crippen molar-refractivity contribution in [3.8, 4) is 10.0 Å². The number of carbonyl (C=O) groups is 2. The number of rotatable bonds is 6. The van der Waals surface area contributed by atoms with Crippen LogP contribution in [-0.4, -0.2) is 29.7 Å². The highest BCUT2D eigenvalue weighted by Gasteiger charge is 2.37. The fourth-order valence-corrected chi connectivity index (χ4v) is 8.29. The van der Waals surface area contributed by atoms with E-state index in [1.54, 1.807) is 34.0 Å². The van der Waals surface area contributed by atoms with E-state index in [1.807, 2.05) is 24.0 Å². The number of thiazole rings is 2. The van der Waals surface area contributed by atoms with Crippen molar-refractivity contribution in [1.82, 2.24) is 4.90 Å². The Bertz CT molecular complexity index is 1450. The summed E-state index contributed by atoms with van der Waals surface area (Å²) >= 11 is 5.02. The molecular formula is C27H31N3O2S3+2. The predicted octanol–water partition coefficient (Wildman–Crippen LogP) is 5.31. The Morgan fingerprint density at radius 2 is 1.40 bits per heavy atom. The molecule has 182 valence electrons. The number of nitrogens with zero attached hydrogens (tertiary/aromatic N) is 3. The lowest BCUT2D eigenvalue weighted by molar-refractivity contribution is -0.702. The van der Waals surface area contributed by atoms with Crippen LogP contribution >= 0.6 is 34.0 Å². The van der Waals surface area contributed by atoms with E-state index in [0.29, 0.717) is 13.1 Å². The van der Waals surface area contributed by atoms with Gasteiger partial charge in [-0.3, -0.25) is 9.59 Å². The zero-order valence-electron chi connectivity index (χ0n) is 20.9. The Balaban J connectivity index is 1.52. The van der Waals surface area contributed by atoms with Crippen LogP contribution in [0.25, 0.3) is 20.1 Å². The molecule has 1 aliphatic heterocycles. The number of hydrogen-bond acceptors (Lipinski definition) is 5. The van der Waals surface area contributed by atoms with E-state index in [4.69, 9.17) is 0 Å². The maximum absolute atomic E-state index is 13.6. The minimum atomic E-state index is 0.139. The molecule has 5 nitrogen and oxygen atoms in total. The number of amides is 1. The first kappa shape index (κ1) is 24.3. The van der Waals surface area contributed by atoms with Crippen molar-refractivity contribution in [2.75, 3.05) is 13.1 Å². The first-order valence-corrected chi connectivity index (χ1v) is 14.5. The van der Waals surface area contributed by atoms with Gasteiger partial charge in [0.15, 0.2) is 11.4 Å². The van der Waals surface area contributed by atoms with Crippen LogP contribution in [0, 0.1) is 34.6 Å². The molecule has 0 radical (unpaired) electrons. The third-order valence-corrected chi connectivity index (χ3v) is 11.0. The van der Waals surface area contributed by atoms with E-state index < -0.39 is 0 Å². The van der Waals surface area contributed by atoms with Crippen LogP contribution in [0.15, 0.2) is 24.3 Å². The summed E-state index contributed by atoms with van der Waals surface area (Å²) in [7, 11) is 0. The summed E-state index contributed by atoms with van der Waals surface area (Å²) in [6, 6.07) is 8.22. The molecule has 1 aliphatic rings. The molecule has 4 aromatic rings. The summed E-state index contributed by atoms with van der Waals surface area (Å²) < 4.78 is 5.48. The number of likely N-dealkylation sites (tertiary alicyclic amines) is 1. The third kappa shape index (κ3) is 4.36. The van der Waals surface area contributed by atoms with Crippen LogP contribution < -0.4 is 9.13 Å². The number of thiophene rings is 1. The Morgan fingerprint density at radius 3 is 2.00 bits per heavy atom. The summed E-state index contributed by atoms with van der Waals surface area (Å²) in [6.45, 7) is 12.8. The van der Waals surface area contributed by atoms with Crippen molar-refractivity contribution in [1.29, 1.82) is 0 Å². The second kappa shape index (κ2) is 9.56. The van der Waals surface area contributed by atoms with Gasteiger partial charge in [0.2, 0.25) is 18.9 Å². The molecular weight excluding hydrogens is 495 g/mol. The largest absolute Gasteiger partial charge is 0.346 e. The van der Waals surface area contributed by atoms with Gasteiger partial charge < -0.3 is 4.90 Å². The summed E-state index contributed by atoms with van der Waals surface area (Å²) in [6.07, 6.45) is 2.18. The standard InChI is InChI=1S/C27H31N3O2S3/c1-16-21-10-6-7-11-23(21)35-25(16)22(31)14-29-17(2)19(4)33-26(29)27-30(18(3)20(5)34-27)15-24(32)28-12-8-9-13-28/h6-7,10-11H,8-9,12-15H2,1-5H3/q+2. The predicted molar refractivity (Wildman–Crippen MR) is 144 cm³/mol. The number of ketones is 1. The molecule has 0 N–H and O–H groups in total. The molecule has 0 atom stereocenters. The first-order chi connectivity index (χ1) is 16.8. The van der Waals surface area contributed by atoms with Crippen LogP contribution in [0.2, 0.25) is 0 Å². The van der Waals surface area contributed by atoms with Crippen molar-refractivity contribution in [3.05, 3.63) is 55.8 Å². The lowest BCUT2D eigenvalue weighted by atomic mass is 10.1. The van der Waals surface area contributed by atoms with Gasteiger partial charge in [-0.05, 0) is 50.6 Å². The van der Waals surface area contributed by atoms with Gasteiger partial charge in [0, 0.05) is 31.6 Å². The Kier molecular flexibility index (Phi) is 6.63. The minimum Gasteiger partial charge on any atom is -0.337 e. The average Bonchev–Trinajstić information content (AvgIpc) is 3.61. The first-order valence-electron chi connectivity index (χ1n) is 12.1. The van der Waals surface area contributed by atoms with Gasteiger partial charge in [-0.1, -0.05) is 40.9 Å². The van der Waals surface area contributed by atoms with Gasteiger partial charge >= 0.3 is 10.0 Å². The van der Waals surface area contributed by atoms with Crippen LogP contribution in [0.5, 0.6) is 0 Å². The lowest BCUT2D eigenvalue weighted by Crippen LogP contribution is -2.48. The maximum Gasteiger partial charge on any atom is 0.346 e. The summed E-state index contributed by atoms with van der Waals surface area (Å²) in [5.74, 6) is 0.323. The second-order valence-electron chi connectivity index (χ2n) is 9.33. The highest BCUT2D eigenvalue weighted by Crippen LogP contribution is 2.33. The molecule has 0 bridgehead atoms. The van der Waals surface area contributed by atoms with Crippen LogP contribution in [0.3, 0.4) is 0 Å². The fourth-order valence-electron chi connectivity index (χ4n) is 4.79. The Hall–Kier alpha value is -2.42. The zero-order valence-corrected chi connectivity index (χ0v) is 23.4. The zero-order chi connectivity index (χ0) is 24.9. The molecule has 0 aliphatic carbocycles. The van der Waals surface area contributed by atoms with Gasteiger partial charge in [-0.2, -0.15) is 9.13 Å². The van der Waals surface area contributed by atoms with E-state index in [-0.39, 0.29) is 11.7 Å². The highest BCUT2D eigenvalue weighted by molar-refractivity contribution is 7.21. The van der Waals surface area contributed by atoms with E-state index in [0.717, 1.165) is 67.9 Å². The maximum atomic E-state index is 13.6. The van der Waals surface area contributed by atoms with E-state index in [1.165, 1.54) is 9.75 Å². The van der Waals surface area contributed by atoms with Crippen LogP contribution in [0.1, 0.15) is 49.2 Å². The lowest BCUT2D eigenvalue weighted by Gasteiger charge is -2.12. The normalized spacial score (nSPS) is 13.8. The molecule has 1 saturated heterocycles. The number of fused-ring (bicyclic) bond motifs is 1. The number of aryl methyl sites for hydroxylation is 3. The van der Waals surface area contributed by atoms with Gasteiger partial charge in [0.05, 0.1) is 14.6 Å². The van der Waals surface area contributed by atoms with Crippen molar-refractivity contribution < 1.29 is 18.7 Å². The molecule has 35 heavy (non-hydrogen) atoms. The second-order valence-corrected chi connectivity index (χ2v) is 12.8. The molecule has 1 aromatic carbocycles. The van der Waals surface area contributed by atoms with Crippen molar-refractivity contribution >= 4 is 55.8 Å². The van der Waals surface area contributed by atoms with Crippen molar-refractivity contribution in [2.45, 2.75) is 60.5 Å². The number of carbonyl (C=O) groups excluding carboxylic acids is 2. The summed E-state index contributed by atoms with van der Waals surface area (Å²) in [5, 5.41) is 3.28. The van der Waals surface area contributed by atoms with Gasteiger partial charge in [0.1, 0.15) is 0 Å². The van der Waals surface area contributed by atoms with Crippen molar-refractivity contribution in [2.24, 2.45) is 0 Å². The molecule has 0 unspecified atom stereocenters. The van der Waals surface area contributed by atoms with Gasteiger partial charge in [-0.15, -0.1) is 11.3 Å². The number of benzene rings is 1. The van der Waals surface area contributed by atoms with Gasteiger partial charge in [-0.25, -0.2) is 0 Å². The Labute approximate surface area is 218 Å². The molecule has 5 rings (SSSR count). The monoisotopic (exact) mass is 525 g/mol. The summed E-state index contributed by atoms with van der Waals surface area (Å²) in [4.78, 5) is 31.9. The topological polar surface area (TPSA) is 45.1 Å². The average molecular weight is 526 g/mol. The Morgan fingerprint density at radius 1 is 0.829 bits per heavy atom. The smallest absolute Gasteiger partial charge is 0.337 e. The number of Topliss-reactive ketones (excluding diaryl/α,β-unsaturated/α-hetero) is 1.